The zero-order valence-electron chi connectivity index (χ0n) is 8.28. The fourth-order valence-corrected chi connectivity index (χ4v) is 1.43. The van der Waals surface area contributed by atoms with Gasteiger partial charge in [0.1, 0.15) is 0 Å². The van der Waals surface area contributed by atoms with Gasteiger partial charge in [-0.1, -0.05) is 6.92 Å². The van der Waals surface area contributed by atoms with Crippen molar-refractivity contribution in [3.63, 3.8) is 0 Å². The molecule has 0 saturated carbocycles. The summed E-state index contributed by atoms with van der Waals surface area (Å²) in [7, 11) is 0. The molecule has 0 unspecified atom stereocenters. The van der Waals surface area contributed by atoms with Crippen molar-refractivity contribution in [1.29, 1.82) is 0 Å². The Balaban J connectivity index is 3.39. The number of rotatable bonds is 3. The van der Waals surface area contributed by atoms with Gasteiger partial charge in [-0.3, -0.25) is 4.79 Å². The molecule has 1 heterocycles. The fourth-order valence-electron chi connectivity index (χ4n) is 1.43. The van der Waals surface area contributed by atoms with Crippen molar-refractivity contribution in [2.24, 2.45) is 0 Å². The Morgan fingerprint density at radius 1 is 1.43 bits per heavy atom. The van der Waals surface area contributed by atoms with Crippen molar-refractivity contribution in [3.05, 3.63) is 33.7 Å². The molecule has 1 rings (SSSR count). The third-order valence-electron chi connectivity index (χ3n) is 2.14. The van der Waals surface area contributed by atoms with Gasteiger partial charge in [-0.2, -0.15) is 0 Å². The average Bonchev–Trinajstić information content (AvgIpc) is 2.16. The van der Waals surface area contributed by atoms with Gasteiger partial charge < -0.3 is 9.67 Å². The number of aromatic nitrogens is 1. The predicted molar refractivity (Wildman–Crippen MR) is 52.7 cm³/mol. The number of carboxylic acid groups (broad SMARTS) is 1. The van der Waals surface area contributed by atoms with Crippen LogP contribution in [0.5, 0.6) is 0 Å². The molecule has 0 fully saturated rings. The van der Waals surface area contributed by atoms with E-state index in [0.29, 0.717) is 13.0 Å². The van der Waals surface area contributed by atoms with E-state index >= 15 is 0 Å². The predicted octanol–water partition coefficient (Wildman–Crippen LogP) is 1.13. The molecule has 0 bridgehead atoms. The second-order valence-electron chi connectivity index (χ2n) is 2.98. The summed E-state index contributed by atoms with van der Waals surface area (Å²) >= 11 is 0. The lowest BCUT2D eigenvalue weighted by Gasteiger charge is -2.09. The number of aryl methyl sites for hydroxylation is 1. The van der Waals surface area contributed by atoms with Gasteiger partial charge in [0, 0.05) is 18.3 Å². The average molecular weight is 195 g/mol. The number of carboxylic acids is 1. The summed E-state index contributed by atoms with van der Waals surface area (Å²) in [5.41, 5.74) is 0.582. The number of hydrogen-bond acceptors (Lipinski definition) is 2. The Bertz CT molecular complexity index is 406. The van der Waals surface area contributed by atoms with E-state index in [1.54, 1.807) is 10.6 Å². The minimum Gasteiger partial charge on any atom is -0.478 e. The van der Waals surface area contributed by atoms with E-state index in [9.17, 15) is 9.59 Å². The van der Waals surface area contributed by atoms with E-state index in [0.717, 1.165) is 11.8 Å². The summed E-state index contributed by atoms with van der Waals surface area (Å²) < 4.78 is 1.58. The monoisotopic (exact) mass is 195 g/mol. The van der Waals surface area contributed by atoms with Gasteiger partial charge in [0.25, 0.3) is 5.56 Å². The molecule has 0 aromatic carbocycles. The molecule has 4 heteroatoms. The van der Waals surface area contributed by atoms with Crippen molar-refractivity contribution in [1.82, 2.24) is 4.57 Å². The molecule has 4 nitrogen and oxygen atoms in total. The highest BCUT2D eigenvalue weighted by Gasteiger charge is 2.08. The third kappa shape index (κ3) is 1.84. The lowest BCUT2D eigenvalue weighted by Crippen LogP contribution is -2.23. The fraction of sp³-hybridized carbons (Fsp3) is 0.400. The van der Waals surface area contributed by atoms with Gasteiger partial charge in [-0.25, -0.2) is 4.79 Å². The molecule has 1 N–H and O–H groups in total. The third-order valence-corrected chi connectivity index (χ3v) is 2.14. The summed E-state index contributed by atoms with van der Waals surface area (Å²) in [6.07, 6.45) is 0.657. The maximum Gasteiger partial charge on any atom is 0.335 e. The molecule has 0 aliphatic heterocycles. The van der Waals surface area contributed by atoms with Crippen molar-refractivity contribution in [2.45, 2.75) is 26.8 Å². The first-order valence-electron chi connectivity index (χ1n) is 4.57. The highest BCUT2D eigenvalue weighted by molar-refractivity contribution is 5.87. The Labute approximate surface area is 81.8 Å². The first-order chi connectivity index (χ1) is 6.60. The highest BCUT2D eigenvalue weighted by atomic mass is 16.4. The quantitative estimate of drug-likeness (QED) is 0.786. The van der Waals surface area contributed by atoms with Crippen molar-refractivity contribution >= 4 is 5.97 Å². The standard InChI is InChI=1S/C10H13NO3/c1-3-8-5-7(10(13)14)6-9(12)11(8)4-2/h5-6H,3-4H2,1-2H3,(H,13,14). The number of hydrogen-bond donors (Lipinski definition) is 1. The first-order valence-corrected chi connectivity index (χ1v) is 4.57. The molecule has 1 aromatic rings. The minimum atomic E-state index is -1.06. The SMILES string of the molecule is CCc1cc(C(=O)O)cc(=O)n1CC. The maximum absolute atomic E-state index is 11.5. The molecule has 14 heavy (non-hydrogen) atoms. The van der Waals surface area contributed by atoms with Crippen LogP contribution in [0.3, 0.4) is 0 Å². The minimum absolute atomic E-state index is 0.0663. The Morgan fingerprint density at radius 2 is 2.07 bits per heavy atom. The molecule has 0 radical (unpaired) electrons. The van der Waals surface area contributed by atoms with Crippen LogP contribution in [0.1, 0.15) is 29.9 Å². The van der Waals surface area contributed by atoms with E-state index in [1.807, 2.05) is 13.8 Å². The van der Waals surface area contributed by atoms with Crippen LogP contribution in [0.2, 0.25) is 0 Å². The largest absolute Gasteiger partial charge is 0.478 e. The lowest BCUT2D eigenvalue weighted by molar-refractivity contribution is 0.0696. The van der Waals surface area contributed by atoms with Gasteiger partial charge in [0.15, 0.2) is 0 Å². The molecule has 0 saturated heterocycles. The Kier molecular flexibility index (Phi) is 3.06. The van der Waals surface area contributed by atoms with E-state index in [-0.39, 0.29) is 11.1 Å². The molecule has 0 atom stereocenters. The van der Waals surface area contributed by atoms with Gasteiger partial charge in [0.2, 0.25) is 0 Å². The molecule has 0 aliphatic rings. The van der Waals surface area contributed by atoms with Crippen LogP contribution < -0.4 is 5.56 Å². The normalized spacial score (nSPS) is 10.1. The highest BCUT2D eigenvalue weighted by Crippen LogP contribution is 2.03. The zero-order valence-corrected chi connectivity index (χ0v) is 8.28. The van der Waals surface area contributed by atoms with Crippen LogP contribution in [0.4, 0.5) is 0 Å². The molecule has 0 spiro atoms. The topological polar surface area (TPSA) is 59.3 Å². The molecule has 0 amide bonds. The summed E-state index contributed by atoms with van der Waals surface area (Å²) in [4.78, 5) is 22.1. The lowest BCUT2D eigenvalue weighted by atomic mass is 10.2. The second-order valence-corrected chi connectivity index (χ2v) is 2.98. The van der Waals surface area contributed by atoms with Crippen LogP contribution in [0, 0.1) is 0 Å². The number of nitrogens with zero attached hydrogens (tertiary/aromatic N) is 1. The second kappa shape index (κ2) is 4.09. The van der Waals surface area contributed by atoms with Gasteiger partial charge >= 0.3 is 5.97 Å². The summed E-state index contributed by atoms with van der Waals surface area (Å²) in [5.74, 6) is -1.06. The van der Waals surface area contributed by atoms with Crippen LogP contribution in [-0.2, 0) is 13.0 Å². The number of pyridine rings is 1. The smallest absolute Gasteiger partial charge is 0.335 e. The molecule has 1 aromatic heterocycles. The molecular weight excluding hydrogens is 182 g/mol. The van der Waals surface area contributed by atoms with Crippen LogP contribution in [0.15, 0.2) is 16.9 Å². The zero-order chi connectivity index (χ0) is 10.7. The van der Waals surface area contributed by atoms with E-state index in [1.165, 1.54) is 0 Å². The Hall–Kier alpha value is -1.58. The van der Waals surface area contributed by atoms with E-state index in [4.69, 9.17) is 5.11 Å². The number of carbonyl (C=O) groups is 1. The maximum atomic E-state index is 11.5. The first kappa shape index (κ1) is 10.5. The van der Waals surface area contributed by atoms with Crippen LogP contribution in [0.25, 0.3) is 0 Å². The van der Waals surface area contributed by atoms with Crippen LogP contribution in [-0.4, -0.2) is 15.6 Å². The summed E-state index contributed by atoms with van der Waals surface area (Å²) in [6.45, 7) is 4.33. The van der Waals surface area contributed by atoms with Crippen molar-refractivity contribution < 1.29 is 9.90 Å². The molecular formula is C10H13NO3. The van der Waals surface area contributed by atoms with Crippen molar-refractivity contribution in [2.75, 3.05) is 0 Å². The summed E-state index contributed by atoms with van der Waals surface area (Å²) in [5, 5.41) is 8.74. The van der Waals surface area contributed by atoms with Crippen molar-refractivity contribution in [3.8, 4) is 0 Å². The number of aromatic carboxylic acids is 1. The molecule has 0 aliphatic carbocycles. The van der Waals surface area contributed by atoms with Gasteiger partial charge in [-0.05, 0) is 19.4 Å². The summed E-state index contributed by atoms with van der Waals surface area (Å²) in [6, 6.07) is 2.71. The van der Waals surface area contributed by atoms with Crippen LogP contribution >= 0.6 is 0 Å². The Morgan fingerprint density at radius 3 is 2.50 bits per heavy atom. The molecule has 76 valence electrons. The van der Waals surface area contributed by atoms with E-state index in [2.05, 4.69) is 0 Å². The van der Waals surface area contributed by atoms with Gasteiger partial charge in [0.05, 0.1) is 5.56 Å². The van der Waals surface area contributed by atoms with Gasteiger partial charge in [-0.15, -0.1) is 0 Å². The van der Waals surface area contributed by atoms with E-state index < -0.39 is 5.97 Å².